The van der Waals surface area contributed by atoms with Crippen LogP contribution < -0.4 is 0 Å². The van der Waals surface area contributed by atoms with Crippen molar-refractivity contribution in [1.29, 1.82) is 0 Å². The average Bonchev–Trinajstić information content (AvgIpc) is 2.21. The highest BCUT2D eigenvalue weighted by molar-refractivity contribution is 6.29. The van der Waals surface area contributed by atoms with Crippen LogP contribution in [0.25, 0.3) is 0 Å². The van der Waals surface area contributed by atoms with Crippen LogP contribution in [0.3, 0.4) is 0 Å². The van der Waals surface area contributed by atoms with Crippen molar-refractivity contribution in [2.75, 3.05) is 19.8 Å². The van der Waals surface area contributed by atoms with Crippen molar-refractivity contribution in [3.63, 3.8) is 0 Å². The molecule has 0 fully saturated rings. The summed E-state index contributed by atoms with van der Waals surface area (Å²) >= 11 is 5.58. The minimum absolute atomic E-state index is 0.392. The summed E-state index contributed by atoms with van der Waals surface area (Å²) in [6.07, 6.45) is 0. The monoisotopic (exact) mass is 216 g/mol. The Morgan fingerprint density at radius 2 is 2.00 bits per heavy atom. The number of halogens is 1. The molecule has 0 saturated carbocycles. The second-order valence-electron chi connectivity index (χ2n) is 2.60. The lowest BCUT2D eigenvalue weighted by Crippen LogP contribution is -2.05. The SMILES string of the molecule is CCOCCOCc1ccc(Cl)nn1. The lowest BCUT2D eigenvalue weighted by Gasteiger charge is -2.03. The molecule has 0 aliphatic carbocycles. The largest absolute Gasteiger partial charge is 0.379 e. The molecule has 0 aliphatic heterocycles. The van der Waals surface area contributed by atoms with Gasteiger partial charge in [-0.25, -0.2) is 0 Å². The number of hydrogen-bond donors (Lipinski definition) is 0. The number of ether oxygens (including phenoxy) is 2. The van der Waals surface area contributed by atoms with E-state index >= 15 is 0 Å². The van der Waals surface area contributed by atoms with E-state index in [0.29, 0.717) is 31.6 Å². The third kappa shape index (κ3) is 4.50. The highest BCUT2D eigenvalue weighted by Crippen LogP contribution is 2.02. The van der Waals surface area contributed by atoms with Gasteiger partial charge in [-0.05, 0) is 19.1 Å². The van der Waals surface area contributed by atoms with Crippen LogP contribution in [-0.2, 0) is 16.1 Å². The van der Waals surface area contributed by atoms with Crippen molar-refractivity contribution < 1.29 is 9.47 Å². The molecule has 14 heavy (non-hydrogen) atoms. The maximum Gasteiger partial charge on any atom is 0.151 e. The zero-order valence-electron chi connectivity index (χ0n) is 8.07. The summed E-state index contributed by atoms with van der Waals surface area (Å²) in [7, 11) is 0. The van der Waals surface area contributed by atoms with E-state index in [1.165, 1.54) is 0 Å². The van der Waals surface area contributed by atoms with Crippen LogP contribution in [0.4, 0.5) is 0 Å². The fourth-order valence-corrected chi connectivity index (χ4v) is 0.960. The molecule has 0 aromatic carbocycles. The van der Waals surface area contributed by atoms with Gasteiger partial charge in [0.25, 0.3) is 0 Å². The molecule has 1 aromatic rings. The zero-order chi connectivity index (χ0) is 10.2. The van der Waals surface area contributed by atoms with Gasteiger partial charge in [-0.3, -0.25) is 0 Å². The van der Waals surface area contributed by atoms with E-state index < -0.39 is 0 Å². The molecule has 0 saturated heterocycles. The molecule has 0 unspecified atom stereocenters. The van der Waals surface area contributed by atoms with E-state index in [1.54, 1.807) is 12.1 Å². The molecule has 0 amide bonds. The van der Waals surface area contributed by atoms with Crippen molar-refractivity contribution >= 4 is 11.6 Å². The fourth-order valence-electron chi connectivity index (χ4n) is 0.860. The minimum Gasteiger partial charge on any atom is -0.379 e. The summed E-state index contributed by atoms with van der Waals surface area (Å²) < 4.78 is 10.4. The summed E-state index contributed by atoms with van der Waals surface area (Å²) in [5.41, 5.74) is 0.769. The highest BCUT2D eigenvalue weighted by Gasteiger charge is 1.95. The first kappa shape index (κ1) is 11.4. The molecule has 0 bridgehead atoms. The second-order valence-corrected chi connectivity index (χ2v) is 2.98. The molecule has 5 heteroatoms. The van der Waals surface area contributed by atoms with Crippen molar-refractivity contribution in [3.8, 4) is 0 Å². The van der Waals surface area contributed by atoms with Crippen molar-refractivity contribution in [2.24, 2.45) is 0 Å². The van der Waals surface area contributed by atoms with Crippen LogP contribution in [0.15, 0.2) is 12.1 Å². The van der Waals surface area contributed by atoms with E-state index in [0.717, 1.165) is 5.69 Å². The first-order valence-corrected chi connectivity index (χ1v) is 4.84. The Kier molecular flexibility index (Phi) is 5.44. The van der Waals surface area contributed by atoms with E-state index in [4.69, 9.17) is 21.1 Å². The lowest BCUT2D eigenvalue weighted by atomic mass is 10.4. The molecule has 4 nitrogen and oxygen atoms in total. The van der Waals surface area contributed by atoms with Gasteiger partial charge in [-0.2, -0.15) is 5.10 Å². The summed E-state index contributed by atoms with van der Waals surface area (Å²) in [5.74, 6) is 0. The lowest BCUT2D eigenvalue weighted by molar-refractivity contribution is 0.0439. The third-order valence-electron chi connectivity index (χ3n) is 1.51. The molecule has 1 rings (SSSR count). The topological polar surface area (TPSA) is 44.2 Å². The smallest absolute Gasteiger partial charge is 0.151 e. The van der Waals surface area contributed by atoms with Gasteiger partial charge in [0.15, 0.2) is 5.15 Å². The van der Waals surface area contributed by atoms with Gasteiger partial charge < -0.3 is 9.47 Å². The van der Waals surface area contributed by atoms with E-state index in [1.807, 2.05) is 6.92 Å². The molecule has 1 heterocycles. The van der Waals surface area contributed by atoms with Gasteiger partial charge >= 0.3 is 0 Å². The van der Waals surface area contributed by atoms with Crippen LogP contribution >= 0.6 is 11.6 Å². The molecular weight excluding hydrogens is 204 g/mol. The normalized spacial score (nSPS) is 10.4. The summed E-state index contributed by atoms with van der Waals surface area (Å²) in [6.45, 7) is 4.28. The first-order chi connectivity index (χ1) is 6.83. The van der Waals surface area contributed by atoms with E-state index in [-0.39, 0.29) is 0 Å². The Bertz CT molecular complexity index is 253. The Labute approximate surface area is 88.2 Å². The molecule has 78 valence electrons. The quantitative estimate of drug-likeness (QED) is 0.679. The van der Waals surface area contributed by atoms with Gasteiger partial charge in [0, 0.05) is 6.61 Å². The predicted octanol–water partition coefficient (Wildman–Crippen LogP) is 1.68. The van der Waals surface area contributed by atoms with Gasteiger partial charge in [0.2, 0.25) is 0 Å². The fraction of sp³-hybridized carbons (Fsp3) is 0.556. The average molecular weight is 217 g/mol. The second kappa shape index (κ2) is 6.70. The number of hydrogen-bond acceptors (Lipinski definition) is 4. The van der Waals surface area contributed by atoms with Gasteiger partial charge in [0.05, 0.1) is 25.5 Å². The molecular formula is C9H13ClN2O2. The van der Waals surface area contributed by atoms with Gasteiger partial charge in [-0.15, -0.1) is 5.10 Å². The number of rotatable bonds is 6. The predicted molar refractivity (Wildman–Crippen MR) is 53.2 cm³/mol. The van der Waals surface area contributed by atoms with Crippen LogP contribution in [0.2, 0.25) is 5.15 Å². The van der Waals surface area contributed by atoms with E-state index in [9.17, 15) is 0 Å². The molecule has 0 atom stereocenters. The Hall–Kier alpha value is -0.710. The van der Waals surface area contributed by atoms with Crippen molar-refractivity contribution in [2.45, 2.75) is 13.5 Å². The van der Waals surface area contributed by atoms with Crippen molar-refractivity contribution in [1.82, 2.24) is 10.2 Å². The van der Waals surface area contributed by atoms with Crippen LogP contribution in [0, 0.1) is 0 Å². The van der Waals surface area contributed by atoms with Crippen molar-refractivity contribution in [3.05, 3.63) is 23.0 Å². The zero-order valence-corrected chi connectivity index (χ0v) is 8.83. The Morgan fingerprint density at radius 1 is 1.21 bits per heavy atom. The third-order valence-corrected chi connectivity index (χ3v) is 1.71. The van der Waals surface area contributed by atoms with Gasteiger partial charge in [-0.1, -0.05) is 11.6 Å². The molecule has 0 N–H and O–H groups in total. The first-order valence-electron chi connectivity index (χ1n) is 4.46. The Morgan fingerprint density at radius 3 is 2.64 bits per heavy atom. The molecule has 1 aromatic heterocycles. The molecule has 0 radical (unpaired) electrons. The number of nitrogens with zero attached hydrogens (tertiary/aromatic N) is 2. The highest BCUT2D eigenvalue weighted by atomic mass is 35.5. The standard InChI is InChI=1S/C9H13ClN2O2/c1-2-13-5-6-14-7-8-3-4-9(10)12-11-8/h3-4H,2,5-7H2,1H3. The summed E-state index contributed by atoms with van der Waals surface area (Å²) in [6, 6.07) is 3.48. The van der Waals surface area contributed by atoms with Gasteiger partial charge in [0.1, 0.15) is 0 Å². The Balaban J connectivity index is 2.15. The minimum atomic E-state index is 0.392. The number of aromatic nitrogens is 2. The van der Waals surface area contributed by atoms with Crippen LogP contribution in [-0.4, -0.2) is 30.0 Å². The molecule has 0 spiro atoms. The maximum atomic E-state index is 5.58. The summed E-state index contributed by atoms with van der Waals surface area (Å²) in [5, 5.41) is 7.94. The van der Waals surface area contributed by atoms with Crippen LogP contribution in [0.5, 0.6) is 0 Å². The van der Waals surface area contributed by atoms with E-state index in [2.05, 4.69) is 10.2 Å². The molecule has 0 aliphatic rings. The maximum absolute atomic E-state index is 5.58. The van der Waals surface area contributed by atoms with Crippen LogP contribution in [0.1, 0.15) is 12.6 Å². The summed E-state index contributed by atoms with van der Waals surface area (Å²) in [4.78, 5) is 0.